The van der Waals surface area contributed by atoms with Gasteiger partial charge in [0, 0.05) is 23.8 Å². The van der Waals surface area contributed by atoms with E-state index in [4.69, 9.17) is 5.73 Å². The van der Waals surface area contributed by atoms with E-state index < -0.39 is 23.8 Å². The van der Waals surface area contributed by atoms with Gasteiger partial charge in [-0.05, 0) is 11.6 Å². The van der Waals surface area contributed by atoms with Gasteiger partial charge in [0.2, 0.25) is 11.8 Å². The van der Waals surface area contributed by atoms with Crippen molar-refractivity contribution in [3.8, 4) is 0 Å². The van der Waals surface area contributed by atoms with Crippen molar-refractivity contribution < 1.29 is 19.2 Å². The lowest BCUT2D eigenvalue weighted by molar-refractivity contribution is -0.125. The summed E-state index contributed by atoms with van der Waals surface area (Å²) in [6.45, 7) is 3.01. The summed E-state index contributed by atoms with van der Waals surface area (Å²) in [6.07, 6.45) is 0. The maximum Gasteiger partial charge on any atom is 0.240 e. The van der Waals surface area contributed by atoms with Gasteiger partial charge in [0.25, 0.3) is 0 Å². The normalized spacial score (nSPS) is 12.6. The minimum absolute atomic E-state index is 0.0563. The molecule has 0 radical (unpaired) electrons. The molecule has 2 aromatic carbocycles. The molecule has 0 unspecified atom stereocenters. The molecule has 3 N–H and O–H groups in total. The van der Waals surface area contributed by atoms with Crippen LogP contribution in [-0.4, -0.2) is 34.5 Å². The molecule has 0 aromatic heterocycles. The fourth-order valence-corrected chi connectivity index (χ4v) is 3.54. The molecule has 0 aliphatic rings. The molecule has 2 atom stereocenters. The van der Waals surface area contributed by atoms with Gasteiger partial charge in [0.05, 0.1) is 5.92 Å². The highest BCUT2D eigenvalue weighted by molar-refractivity contribution is 8.13. The number of nitrogens with one attached hydrogen (secondary N) is 1. The van der Waals surface area contributed by atoms with E-state index in [1.54, 1.807) is 55.5 Å². The molecule has 2 rings (SSSR count). The zero-order valence-corrected chi connectivity index (χ0v) is 16.5. The number of hydrogen-bond acceptors (Lipinski definition) is 5. The van der Waals surface area contributed by atoms with Crippen LogP contribution in [0.1, 0.15) is 41.3 Å². The number of carbonyl (C=O) groups excluding carboxylic acids is 4. The third kappa shape index (κ3) is 5.79. The second-order valence-corrected chi connectivity index (χ2v) is 7.35. The maximum atomic E-state index is 12.6. The van der Waals surface area contributed by atoms with Crippen molar-refractivity contribution in [2.24, 2.45) is 5.73 Å². The Kier molecular flexibility index (Phi) is 7.52. The third-order valence-electron chi connectivity index (χ3n) is 4.15. The van der Waals surface area contributed by atoms with Crippen LogP contribution in [0.2, 0.25) is 0 Å². The van der Waals surface area contributed by atoms with Gasteiger partial charge in [0.1, 0.15) is 6.04 Å². The highest BCUT2D eigenvalue weighted by Gasteiger charge is 2.22. The summed E-state index contributed by atoms with van der Waals surface area (Å²) in [7, 11) is 0. The van der Waals surface area contributed by atoms with Gasteiger partial charge in [0.15, 0.2) is 10.9 Å². The smallest absolute Gasteiger partial charge is 0.240 e. The standard InChI is InChI=1S/C21H22N2O4S/c1-13(21(27)28-12-18(20(22)26)23-14(2)24)16-9-6-10-17(11-16)19(25)15-7-4-3-5-8-15/h3-11,13,18H,12H2,1-2H3,(H2,22,26)(H,23,24)/t13-,18+/m0/s1. The number of rotatable bonds is 8. The molecule has 6 nitrogen and oxygen atoms in total. The van der Waals surface area contributed by atoms with Crippen molar-refractivity contribution in [2.75, 3.05) is 5.75 Å². The van der Waals surface area contributed by atoms with Gasteiger partial charge in [-0.3, -0.25) is 19.2 Å². The first kappa shape index (κ1) is 21.4. The topological polar surface area (TPSA) is 106 Å². The Labute approximate surface area is 167 Å². The van der Waals surface area contributed by atoms with Crippen molar-refractivity contribution >= 4 is 34.5 Å². The molecule has 0 fully saturated rings. The highest BCUT2D eigenvalue weighted by Crippen LogP contribution is 2.24. The summed E-state index contributed by atoms with van der Waals surface area (Å²) < 4.78 is 0. The van der Waals surface area contributed by atoms with Gasteiger partial charge in [-0.1, -0.05) is 67.2 Å². The number of amides is 2. The second-order valence-electron chi connectivity index (χ2n) is 6.33. The predicted molar refractivity (Wildman–Crippen MR) is 109 cm³/mol. The lowest BCUT2D eigenvalue weighted by Gasteiger charge is -2.15. The SMILES string of the molecule is CC(=O)N[C@H](CSC(=O)[C@@H](C)c1cccc(C(=O)c2ccccc2)c1)C(N)=O. The molecule has 0 heterocycles. The summed E-state index contributed by atoms with van der Waals surface area (Å²) in [6, 6.07) is 14.9. The summed E-state index contributed by atoms with van der Waals surface area (Å²) in [5.74, 6) is -1.63. The first-order valence-corrected chi connectivity index (χ1v) is 9.71. The number of primary amides is 1. The minimum atomic E-state index is -0.912. The Hall–Kier alpha value is -2.93. The number of carbonyl (C=O) groups is 4. The van der Waals surface area contributed by atoms with Crippen LogP contribution in [0, 0.1) is 0 Å². The van der Waals surface area contributed by atoms with Crippen molar-refractivity contribution in [3.05, 3.63) is 71.3 Å². The lowest BCUT2D eigenvalue weighted by Crippen LogP contribution is -2.45. The molecule has 28 heavy (non-hydrogen) atoms. The predicted octanol–water partition coefficient (Wildman–Crippen LogP) is 2.27. The first-order chi connectivity index (χ1) is 13.3. The third-order valence-corrected chi connectivity index (χ3v) is 5.29. The van der Waals surface area contributed by atoms with Crippen molar-refractivity contribution in [1.29, 1.82) is 0 Å². The van der Waals surface area contributed by atoms with Gasteiger partial charge in [-0.2, -0.15) is 0 Å². The fraction of sp³-hybridized carbons (Fsp3) is 0.238. The van der Waals surface area contributed by atoms with E-state index in [0.717, 1.165) is 11.8 Å². The van der Waals surface area contributed by atoms with E-state index in [9.17, 15) is 19.2 Å². The molecule has 146 valence electrons. The largest absolute Gasteiger partial charge is 0.368 e. The van der Waals surface area contributed by atoms with Gasteiger partial charge in [-0.15, -0.1) is 0 Å². The van der Waals surface area contributed by atoms with Crippen LogP contribution in [-0.2, 0) is 14.4 Å². The Bertz CT molecular complexity index is 883. The van der Waals surface area contributed by atoms with Gasteiger partial charge >= 0.3 is 0 Å². The van der Waals surface area contributed by atoms with Crippen LogP contribution >= 0.6 is 11.8 Å². The van der Waals surface area contributed by atoms with E-state index in [1.807, 2.05) is 6.07 Å². The highest BCUT2D eigenvalue weighted by atomic mass is 32.2. The van der Waals surface area contributed by atoms with E-state index in [0.29, 0.717) is 16.7 Å². The molecule has 0 bridgehead atoms. The zero-order chi connectivity index (χ0) is 20.7. The van der Waals surface area contributed by atoms with Crippen LogP contribution in [0.5, 0.6) is 0 Å². The van der Waals surface area contributed by atoms with Crippen LogP contribution in [0.25, 0.3) is 0 Å². The van der Waals surface area contributed by atoms with Crippen LogP contribution in [0.4, 0.5) is 0 Å². The molecule has 0 saturated heterocycles. The van der Waals surface area contributed by atoms with Crippen LogP contribution < -0.4 is 11.1 Å². The lowest BCUT2D eigenvalue weighted by atomic mass is 9.96. The monoisotopic (exact) mass is 398 g/mol. The quantitative estimate of drug-likeness (QED) is 0.664. The molecule has 0 saturated carbocycles. The molecule has 2 amide bonds. The number of benzene rings is 2. The van der Waals surface area contributed by atoms with Crippen molar-refractivity contribution in [2.45, 2.75) is 25.8 Å². The molecular weight excluding hydrogens is 376 g/mol. The van der Waals surface area contributed by atoms with Crippen LogP contribution in [0.3, 0.4) is 0 Å². The van der Waals surface area contributed by atoms with Gasteiger partial charge < -0.3 is 11.1 Å². The number of hydrogen-bond donors (Lipinski definition) is 2. The number of ketones is 1. The average molecular weight is 398 g/mol. The summed E-state index contributed by atoms with van der Waals surface area (Å²) >= 11 is 0.929. The van der Waals surface area contributed by atoms with E-state index in [1.165, 1.54) is 6.92 Å². The Morgan fingerprint density at radius 1 is 1.00 bits per heavy atom. The first-order valence-electron chi connectivity index (χ1n) is 8.72. The Balaban J connectivity index is 2.08. The minimum Gasteiger partial charge on any atom is -0.368 e. The number of thioether (sulfide) groups is 1. The van der Waals surface area contributed by atoms with Gasteiger partial charge in [-0.25, -0.2) is 0 Å². The summed E-state index contributed by atoms with van der Waals surface area (Å²) in [4.78, 5) is 47.6. The summed E-state index contributed by atoms with van der Waals surface area (Å²) in [5.41, 5.74) is 7.03. The molecule has 0 spiro atoms. The Morgan fingerprint density at radius 2 is 1.64 bits per heavy atom. The van der Waals surface area contributed by atoms with E-state index in [-0.39, 0.29) is 16.7 Å². The second kappa shape index (κ2) is 9.85. The summed E-state index contributed by atoms with van der Waals surface area (Å²) in [5, 5.41) is 2.24. The van der Waals surface area contributed by atoms with Crippen molar-refractivity contribution in [1.82, 2.24) is 5.32 Å². The Morgan fingerprint density at radius 3 is 2.25 bits per heavy atom. The van der Waals surface area contributed by atoms with E-state index in [2.05, 4.69) is 5.32 Å². The zero-order valence-electron chi connectivity index (χ0n) is 15.7. The molecule has 7 heteroatoms. The molecule has 0 aliphatic heterocycles. The molecule has 2 aromatic rings. The fourth-order valence-electron chi connectivity index (χ4n) is 2.57. The molecule has 0 aliphatic carbocycles. The maximum absolute atomic E-state index is 12.6. The average Bonchev–Trinajstić information content (AvgIpc) is 2.70. The van der Waals surface area contributed by atoms with Crippen molar-refractivity contribution in [3.63, 3.8) is 0 Å². The number of nitrogens with two attached hydrogens (primary N) is 1. The van der Waals surface area contributed by atoms with E-state index >= 15 is 0 Å². The van der Waals surface area contributed by atoms with Crippen LogP contribution in [0.15, 0.2) is 54.6 Å². The molecular formula is C21H22N2O4S.